The summed E-state index contributed by atoms with van der Waals surface area (Å²) in [4.78, 5) is 13.8. The van der Waals surface area contributed by atoms with Gasteiger partial charge in [-0.2, -0.15) is 0 Å². The van der Waals surface area contributed by atoms with Gasteiger partial charge in [-0.25, -0.2) is 4.39 Å². The van der Waals surface area contributed by atoms with E-state index in [1.54, 1.807) is 18.0 Å². The van der Waals surface area contributed by atoms with E-state index in [4.69, 9.17) is 5.73 Å². The van der Waals surface area contributed by atoms with Crippen LogP contribution in [0, 0.1) is 11.2 Å². The standard InChI is InChI=1S/C14H21FN2O/c1-9(14(2,3)4)17(5)13(18)10-6-7-12(16)11(15)8-10/h6-9H,16H2,1-5H3. The molecule has 3 nitrogen and oxygen atoms in total. The van der Waals surface area contributed by atoms with Crippen LogP contribution in [0.25, 0.3) is 0 Å². The second kappa shape index (κ2) is 4.96. The van der Waals surface area contributed by atoms with Crippen molar-refractivity contribution in [1.29, 1.82) is 0 Å². The van der Waals surface area contributed by atoms with Gasteiger partial charge in [0, 0.05) is 18.7 Å². The summed E-state index contributed by atoms with van der Waals surface area (Å²) in [6.07, 6.45) is 0. The third-order valence-electron chi connectivity index (χ3n) is 3.40. The van der Waals surface area contributed by atoms with E-state index in [0.29, 0.717) is 5.56 Å². The van der Waals surface area contributed by atoms with Gasteiger partial charge in [-0.3, -0.25) is 4.79 Å². The Kier molecular flexibility index (Phi) is 3.99. The number of nitrogens with two attached hydrogens (primary N) is 1. The predicted octanol–water partition coefficient (Wildman–Crippen LogP) is 2.91. The zero-order chi connectivity index (χ0) is 14.1. The van der Waals surface area contributed by atoms with E-state index in [1.807, 2.05) is 6.92 Å². The van der Waals surface area contributed by atoms with Gasteiger partial charge in [0.1, 0.15) is 5.82 Å². The predicted molar refractivity (Wildman–Crippen MR) is 71.8 cm³/mol. The largest absolute Gasteiger partial charge is 0.396 e. The molecule has 4 heteroatoms. The maximum atomic E-state index is 13.3. The van der Waals surface area contributed by atoms with Crippen molar-refractivity contribution in [2.45, 2.75) is 33.7 Å². The Morgan fingerprint density at radius 2 is 1.94 bits per heavy atom. The number of halogens is 1. The molecule has 0 radical (unpaired) electrons. The summed E-state index contributed by atoms with van der Waals surface area (Å²) >= 11 is 0. The topological polar surface area (TPSA) is 46.3 Å². The average molecular weight is 252 g/mol. The third kappa shape index (κ3) is 3.00. The molecule has 0 aromatic heterocycles. The van der Waals surface area contributed by atoms with E-state index in [-0.39, 0.29) is 23.1 Å². The fraction of sp³-hybridized carbons (Fsp3) is 0.500. The lowest BCUT2D eigenvalue weighted by Gasteiger charge is -2.35. The summed E-state index contributed by atoms with van der Waals surface area (Å²) < 4.78 is 13.3. The summed E-state index contributed by atoms with van der Waals surface area (Å²) in [5, 5.41) is 0. The van der Waals surface area contributed by atoms with Crippen LogP contribution in [-0.2, 0) is 0 Å². The second-order valence-electron chi connectivity index (χ2n) is 5.69. The van der Waals surface area contributed by atoms with E-state index in [9.17, 15) is 9.18 Å². The molecule has 0 aliphatic heterocycles. The first kappa shape index (κ1) is 14.5. The number of amides is 1. The average Bonchev–Trinajstić information content (AvgIpc) is 2.28. The number of nitrogen functional groups attached to an aromatic ring is 1. The Labute approximate surface area is 108 Å². The van der Waals surface area contributed by atoms with Crippen LogP contribution in [0.4, 0.5) is 10.1 Å². The van der Waals surface area contributed by atoms with Gasteiger partial charge in [0.2, 0.25) is 0 Å². The minimum absolute atomic E-state index is 0.0310. The Morgan fingerprint density at radius 3 is 2.39 bits per heavy atom. The second-order valence-corrected chi connectivity index (χ2v) is 5.69. The molecule has 0 heterocycles. The molecule has 100 valence electrons. The highest BCUT2D eigenvalue weighted by molar-refractivity contribution is 5.94. The summed E-state index contributed by atoms with van der Waals surface area (Å²) in [5.41, 5.74) is 5.74. The highest BCUT2D eigenvalue weighted by Crippen LogP contribution is 2.24. The van der Waals surface area contributed by atoms with Gasteiger partial charge >= 0.3 is 0 Å². The molecular weight excluding hydrogens is 231 g/mol. The van der Waals surface area contributed by atoms with Crippen LogP contribution in [0.3, 0.4) is 0 Å². The van der Waals surface area contributed by atoms with E-state index in [2.05, 4.69) is 20.8 Å². The maximum absolute atomic E-state index is 13.3. The van der Waals surface area contributed by atoms with Crippen LogP contribution in [-0.4, -0.2) is 23.9 Å². The molecule has 1 amide bonds. The normalized spacial score (nSPS) is 13.2. The van der Waals surface area contributed by atoms with Gasteiger partial charge in [-0.05, 0) is 30.5 Å². The molecule has 0 aliphatic carbocycles. The van der Waals surface area contributed by atoms with Crippen LogP contribution in [0.15, 0.2) is 18.2 Å². The van der Waals surface area contributed by atoms with Crippen LogP contribution in [0.5, 0.6) is 0 Å². The molecule has 0 fully saturated rings. The lowest BCUT2D eigenvalue weighted by Crippen LogP contribution is -2.43. The van der Waals surface area contributed by atoms with Crippen molar-refractivity contribution in [1.82, 2.24) is 4.90 Å². The highest BCUT2D eigenvalue weighted by Gasteiger charge is 2.27. The molecular formula is C14H21FN2O. The quantitative estimate of drug-likeness (QED) is 0.823. The van der Waals surface area contributed by atoms with Crippen molar-refractivity contribution in [3.63, 3.8) is 0 Å². The Morgan fingerprint density at radius 1 is 1.39 bits per heavy atom. The molecule has 1 aromatic rings. The SMILES string of the molecule is CC(N(C)C(=O)c1ccc(N)c(F)c1)C(C)(C)C. The molecule has 2 N–H and O–H groups in total. The molecule has 1 rings (SSSR count). The first-order chi connectivity index (χ1) is 8.14. The number of anilines is 1. The lowest BCUT2D eigenvalue weighted by atomic mass is 9.87. The number of nitrogens with zero attached hydrogens (tertiary/aromatic N) is 1. The molecule has 1 atom stereocenters. The summed E-state index contributed by atoms with van der Waals surface area (Å²) in [5.74, 6) is -0.756. The van der Waals surface area contributed by atoms with Crippen LogP contribution in [0.1, 0.15) is 38.1 Å². The third-order valence-corrected chi connectivity index (χ3v) is 3.40. The molecule has 0 saturated heterocycles. The van der Waals surface area contributed by atoms with E-state index in [1.165, 1.54) is 12.1 Å². The van der Waals surface area contributed by atoms with Crippen molar-refractivity contribution in [3.8, 4) is 0 Å². The first-order valence-corrected chi connectivity index (χ1v) is 5.96. The van der Waals surface area contributed by atoms with Crippen molar-refractivity contribution in [2.75, 3.05) is 12.8 Å². The van der Waals surface area contributed by atoms with Gasteiger partial charge in [0.25, 0.3) is 5.91 Å². The first-order valence-electron chi connectivity index (χ1n) is 5.96. The van der Waals surface area contributed by atoms with Gasteiger partial charge in [0.15, 0.2) is 0 Å². The van der Waals surface area contributed by atoms with Crippen molar-refractivity contribution in [2.24, 2.45) is 5.41 Å². The van der Waals surface area contributed by atoms with Crippen molar-refractivity contribution >= 4 is 11.6 Å². The van der Waals surface area contributed by atoms with Crippen molar-refractivity contribution < 1.29 is 9.18 Å². The molecule has 0 saturated carbocycles. The molecule has 1 unspecified atom stereocenters. The Balaban J connectivity index is 2.97. The van der Waals surface area contributed by atoms with E-state index < -0.39 is 5.82 Å². The molecule has 0 spiro atoms. The minimum Gasteiger partial charge on any atom is -0.396 e. The minimum atomic E-state index is -0.558. The fourth-order valence-corrected chi connectivity index (χ4v) is 1.62. The van der Waals surface area contributed by atoms with Crippen LogP contribution < -0.4 is 5.73 Å². The van der Waals surface area contributed by atoms with Gasteiger partial charge < -0.3 is 10.6 Å². The summed E-state index contributed by atoms with van der Waals surface area (Å²) in [6.45, 7) is 8.16. The molecule has 18 heavy (non-hydrogen) atoms. The monoisotopic (exact) mass is 252 g/mol. The highest BCUT2D eigenvalue weighted by atomic mass is 19.1. The lowest BCUT2D eigenvalue weighted by molar-refractivity contribution is 0.0629. The smallest absolute Gasteiger partial charge is 0.253 e. The number of carbonyl (C=O) groups is 1. The van der Waals surface area contributed by atoms with Crippen LogP contribution in [0.2, 0.25) is 0 Å². The number of carbonyl (C=O) groups excluding carboxylic acids is 1. The van der Waals surface area contributed by atoms with Crippen LogP contribution >= 0.6 is 0 Å². The summed E-state index contributed by atoms with van der Waals surface area (Å²) in [7, 11) is 1.73. The van der Waals surface area contributed by atoms with Crippen molar-refractivity contribution in [3.05, 3.63) is 29.6 Å². The number of benzene rings is 1. The van der Waals surface area contributed by atoms with Gasteiger partial charge in [-0.1, -0.05) is 20.8 Å². The molecule has 1 aromatic carbocycles. The Hall–Kier alpha value is -1.58. The maximum Gasteiger partial charge on any atom is 0.253 e. The molecule has 0 bridgehead atoms. The van der Waals surface area contributed by atoms with E-state index >= 15 is 0 Å². The number of hydrogen-bond acceptors (Lipinski definition) is 2. The number of rotatable bonds is 2. The molecule has 0 aliphatic rings. The number of hydrogen-bond donors (Lipinski definition) is 1. The Bertz CT molecular complexity index is 452. The van der Waals surface area contributed by atoms with E-state index in [0.717, 1.165) is 0 Å². The zero-order valence-electron chi connectivity index (χ0n) is 11.6. The van der Waals surface area contributed by atoms with Gasteiger partial charge in [0.05, 0.1) is 5.69 Å². The zero-order valence-corrected chi connectivity index (χ0v) is 11.6. The fourth-order valence-electron chi connectivity index (χ4n) is 1.62. The summed E-state index contributed by atoms with van der Waals surface area (Å²) in [6, 6.07) is 4.19. The van der Waals surface area contributed by atoms with Gasteiger partial charge in [-0.15, -0.1) is 0 Å².